The van der Waals surface area contributed by atoms with Crippen molar-refractivity contribution in [2.24, 2.45) is 0 Å². The number of halogens is 3. The van der Waals surface area contributed by atoms with E-state index in [4.69, 9.17) is 0 Å². The van der Waals surface area contributed by atoms with Crippen LogP contribution in [0.4, 0.5) is 19.0 Å². The molecule has 2 N–H and O–H groups in total. The average molecular weight is 368 g/mol. The predicted octanol–water partition coefficient (Wildman–Crippen LogP) is 3.76. The summed E-state index contributed by atoms with van der Waals surface area (Å²) in [5.74, 6) is -0.179. The van der Waals surface area contributed by atoms with Gasteiger partial charge in [-0.25, -0.2) is 13.4 Å². The SMILES string of the molecule is O=S(=O)(Nc1ccc2cccc(O)c2n1)c1ccc(C(F)(F)F)cc1. The molecule has 25 heavy (non-hydrogen) atoms. The second kappa shape index (κ2) is 5.92. The van der Waals surface area contributed by atoms with Crippen molar-refractivity contribution >= 4 is 26.7 Å². The number of anilines is 1. The van der Waals surface area contributed by atoms with Gasteiger partial charge >= 0.3 is 6.18 Å². The van der Waals surface area contributed by atoms with E-state index in [9.17, 15) is 26.7 Å². The third-order valence-electron chi connectivity index (χ3n) is 3.43. The molecule has 1 aromatic heterocycles. The number of sulfonamides is 1. The summed E-state index contributed by atoms with van der Waals surface area (Å²) < 4.78 is 64.4. The second-order valence-electron chi connectivity index (χ2n) is 5.17. The van der Waals surface area contributed by atoms with E-state index in [1.165, 1.54) is 12.1 Å². The molecule has 130 valence electrons. The zero-order chi connectivity index (χ0) is 18.2. The van der Waals surface area contributed by atoms with Crippen LogP contribution < -0.4 is 4.72 Å². The summed E-state index contributed by atoms with van der Waals surface area (Å²) in [4.78, 5) is 3.69. The predicted molar refractivity (Wildman–Crippen MR) is 85.7 cm³/mol. The van der Waals surface area contributed by atoms with Crippen LogP contribution in [0.5, 0.6) is 5.75 Å². The summed E-state index contributed by atoms with van der Waals surface area (Å²) in [6.45, 7) is 0. The van der Waals surface area contributed by atoms with E-state index >= 15 is 0 Å². The number of hydrogen-bond donors (Lipinski definition) is 2. The van der Waals surface area contributed by atoms with Crippen molar-refractivity contribution < 1.29 is 26.7 Å². The summed E-state index contributed by atoms with van der Waals surface area (Å²) in [5, 5.41) is 10.4. The van der Waals surface area contributed by atoms with E-state index in [0.29, 0.717) is 17.5 Å². The Morgan fingerprint density at radius 3 is 2.28 bits per heavy atom. The minimum Gasteiger partial charge on any atom is -0.506 e. The molecule has 0 amide bonds. The van der Waals surface area contributed by atoms with Gasteiger partial charge in [0.2, 0.25) is 0 Å². The third kappa shape index (κ3) is 3.50. The number of aromatic nitrogens is 1. The van der Waals surface area contributed by atoms with Crippen LogP contribution in [0.1, 0.15) is 5.56 Å². The maximum absolute atomic E-state index is 12.6. The lowest BCUT2D eigenvalue weighted by molar-refractivity contribution is -0.137. The molecule has 0 radical (unpaired) electrons. The van der Waals surface area contributed by atoms with Crippen molar-refractivity contribution in [1.29, 1.82) is 0 Å². The fraction of sp³-hybridized carbons (Fsp3) is 0.0625. The van der Waals surface area contributed by atoms with Gasteiger partial charge < -0.3 is 5.11 Å². The molecule has 5 nitrogen and oxygen atoms in total. The van der Waals surface area contributed by atoms with Crippen LogP contribution in [-0.4, -0.2) is 18.5 Å². The number of aromatic hydroxyl groups is 1. The van der Waals surface area contributed by atoms with Gasteiger partial charge in [-0.05, 0) is 42.5 Å². The number of nitrogens with one attached hydrogen (secondary N) is 1. The molecule has 0 saturated heterocycles. The maximum atomic E-state index is 12.6. The lowest BCUT2D eigenvalue weighted by Crippen LogP contribution is -2.14. The van der Waals surface area contributed by atoms with Crippen LogP contribution in [0.3, 0.4) is 0 Å². The van der Waals surface area contributed by atoms with Gasteiger partial charge in [0.15, 0.2) is 0 Å². The number of phenols is 1. The summed E-state index contributed by atoms with van der Waals surface area (Å²) in [6, 6.07) is 10.8. The molecule has 0 aliphatic carbocycles. The lowest BCUT2D eigenvalue weighted by Gasteiger charge is -2.10. The van der Waals surface area contributed by atoms with Crippen molar-refractivity contribution in [2.45, 2.75) is 11.1 Å². The molecule has 1 heterocycles. The molecular formula is C16H11F3N2O3S. The van der Waals surface area contributed by atoms with Gasteiger partial charge in [0.1, 0.15) is 17.1 Å². The van der Waals surface area contributed by atoms with Crippen molar-refractivity contribution in [2.75, 3.05) is 4.72 Å². The van der Waals surface area contributed by atoms with Gasteiger partial charge in [0, 0.05) is 5.39 Å². The van der Waals surface area contributed by atoms with E-state index in [-0.39, 0.29) is 22.0 Å². The lowest BCUT2D eigenvalue weighted by atomic mass is 10.2. The van der Waals surface area contributed by atoms with Gasteiger partial charge in [-0.15, -0.1) is 0 Å². The molecular weight excluding hydrogens is 357 g/mol. The second-order valence-corrected chi connectivity index (χ2v) is 6.86. The number of benzene rings is 2. The number of fused-ring (bicyclic) bond motifs is 1. The molecule has 3 rings (SSSR count). The average Bonchev–Trinajstić information content (AvgIpc) is 2.55. The number of rotatable bonds is 3. The first kappa shape index (κ1) is 17.0. The van der Waals surface area contributed by atoms with Crippen LogP contribution in [0, 0.1) is 0 Å². The van der Waals surface area contributed by atoms with E-state index in [0.717, 1.165) is 12.1 Å². The van der Waals surface area contributed by atoms with Crippen LogP contribution in [0.15, 0.2) is 59.5 Å². The number of hydrogen-bond acceptors (Lipinski definition) is 4. The third-order valence-corrected chi connectivity index (χ3v) is 4.80. The Morgan fingerprint density at radius 1 is 0.960 bits per heavy atom. The van der Waals surface area contributed by atoms with Gasteiger partial charge in [-0.1, -0.05) is 12.1 Å². The molecule has 0 fully saturated rings. The van der Waals surface area contributed by atoms with Crippen LogP contribution in [0.2, 0.25) is 0 Å². The Morgan fingerprint density at radius 2 is 1.64 bits per heavy atom. The van der Waals surface area contributed by atoms with E-state index in [2.05, 4.69) is 9.71 Å². The maximum Gasteiger partial charge on any atom is 0.416 e. The van der Waals surface area contributed by atoms with Crippen molar-refractivity contribution in [3.8, 4) is 5.75 Å². The van der Waals surface area contributed by atoms with Crippen molar-refractivity contribution in [3.63, 3.8) is 0 Å². The molecule has 0 saturated carbocycles. The smallest absolute Gasteiger partial charge is 0.416 e. The molecule has 0 aliphatic heterocycles. The van der Waals surface area contributed by atoms with E-state index in [1.807, 2.05) is 0 Å². The zero-order valence-electron chi connectivity index (χ0n) is 12.4. The molecule has 2 aromatic carbocycles. The van der Waals surface area contributed by atoms with Crippen LogP contribution in [0.25, 0.3) is 10.9 Å². The topological polar surface area (TPSA) is 79.3 Å². The Bertz CT molecular complexity index is 1030. The quantitative estimate of drug-likeness (QED) is 0.738. The monoisotopic (exact) mass is 368 g/mol. The highest BCUT2D eigenvalue weighted by atomic mass is 32.2. The van der Waals surface area contributed by atoms with Crippen molar-refractivity contribution in [3.05, 3.63) is 60.2 Å². The molecule has 0 spiro atoms. The molecule has 9 heteroatoms. The minimum atomic E-state index is -4.55. The van der Waals surface area contributed by atoms with Gasteiger partial charge in [-0.3, -0.25) is 4.72 Å². The number of para-hydroxylation sites is 1. The summed E-state index contributed by atoms with van der Waals surface area (Å²) in [6.07, 6.45) is -4.55. The highest BCUT2D eigenvalue weighted by Crippen LogP contribution is 2.30. The zero-order valence-corrected chi connectivity index (χ0v) is 13.3. The number of pyridine rings is 1. The van der Waals surface area contributed by atoms with Gasteiger partial charge in [-0.2, -0.15) is 13.2 Å². The molecule has 3 aromatic rings. The Kier molecular flexibility index (Phi) is 4.03. The summed E-state index contributed by atoms with van der Waals surface area (Å²) >= 11 is 0. The normalized spacial score (nSPS) is 12.3. The Labute approximate surface area is 140 Å². The molecule has 0 atom stereocenters. The van der Waals surface area contributed by atoms with E-state index < -0.39 is 21.8 Å². The fourth-order valence-electron chi connectivity index (χ4n) is 2.21. The fourth-order valence-corrected chi connectivity index (χ4v) is 3.21. The van der Waals surface area contributed by atoms with Gasteiger partial charge in [0.05, 0.1) is 10.5 Å². The number of alkyl halides is 3. The van der Waals surface area contributed by atoms with Crippen LogP contribution in [-0.2, 0) is 16.2 Å². The highest BCUT2D eigenvalue weighted by Gasteiger charge is 2.30. The number of nitrogens with zero attached hydrogens (tertiary/aromatic N) is 1. The Balaban J connectivity index is 1.92. The molecule has 0 unspecified atom stereocenters. The largest absolute Gasteiger partial charge is 0.506 e. The first-order valence-corrected chi connectivity index (χ1v) is 8.44. The Hall–Kier alpha value is -2.81. The van der Waals surface area contributed by atoms with E-state index in [1.54, 1.807) is 18.2 Å². The molecule has 0 bridgehead atoms. The number of phenolic OH excluding ortho intramolecular Hbond substituents is 1. The van der Waals surface area contributed by atoms with Gasteiger partial charge in [0.25, 0.3) is 10.0 Å². The highest BCUT2D eigenvalue weighted by molar-refractivity contribution is 7.92. The van der Waals surface area contributed by atoms with Crippen LogP contribution >= 0.6 is 0 Å². The standard InChI is InChI=1S/C16H11F3N2O3S/c17-16(18,19)11-5-7-12(8-6-11)25(23,24)21-14-9-4-10-2-1-3-13(22)15(10)20-14/h1-9,22H,(H,20,21). The molecule has 0 aliphatic rings. The summed E-state index contributed by atoms with van der Waals surface area (Å²) in [7, 11) is -4.12. The first-order chi connectivity index (χ1) is 11.7. The minimum absolute atomic E-state index is 0.0612. The van der Waals surface area contributed by atoms with Crippen molar-refractivity contribution in [1.82, 2.24) is 4.98 Å². The summed E-state index contributed by atoms with van der Waals surface area (Å²) in [5.41, 5.74) is -0.740. The first-order valence-electron chi connectivity index (χ1n) is 6.96.